The third-order valence-electron chi connectivity index (χ3n) is 3.55. The molecular formula is C14H29NO. The summed E-state index contributed by atoms with van der Waals surface area (Å²) in [4.78, 5) is 0. The molecule has 16 heavy (non-hydrogen) atoms. The number of likely N-dealkylation sites (N-methyl/N-ethyl adjacent to an activating group) is 1. The van der Waals surface area contributed by atoms with E-state index < -0.39 is 0 Å². The van der Waals surface area contributed by atoms with Crippen molar-refractivity contribution in [3.8, 4) is 0 Å². The summed E-state index contributed by atoms with van der Waals surface area (Å²) in [6, 6.07) is 0.472. The normalized spacial score (nSPS) is 21.0. The van der Waals surface area contributed by atoms with Crippen molar-refractivity contribution in [2.24, 2.45) is 5.41 Å². The predicted molar refractivity (Wildman–Crippen MR) is 69.7 cm³/mol. The van der Waals surface area contributed by atoms with Crippen LogP contribution in [0.2, 0.25) is 0 Å². The van der Waals surface area contributed by atoms with E-state index in [2.05, 4.69) is 33.0 Å². The molecule has 1 N–H and O–H groups in total. The summed E-state index contributed by atoms with van der Waals surface area (Å²) < 4.78 is 6.06. The minimum Gasteiger partial charge on any atom is -0.377 e. The molecule has 2 heteroatoms. The highest BCUT2D eigenvalue weighted by Crippen LogP contribution is 2.23. The van der Waals surface area contributed by atoms with Gasteiger partial charge < -0.3 is 10.1 Å². The fraction of sp³-hybridized carbons (Fsp3) is 1.00. The van der Waals surface area contributed by atoms with Crippen molar-refractivity contribution in [1.29, 1.82) is 0 Å². The number of hydrogen-bond acceptors (Lipinski definition) is 2. The molecule has 0 heterocycles. The Morgan fingerprint density at radius 3 is 2.31 bits per heavy atom. The van der Waals surface area contributed by atoms with E-state index in [0.717, 1.165) is 13.2 Å². The molecule has 0 aliphatic heterocycles. The summed E-state index contributed by atoms with van der Waals surface area (Å²) in [6.07, 6.45) is 7.16. The van der Waals surface area contributed by atoms with Crippen LogP contribution >= 0.6 is 0 Å². The van der Waals surface area contributed by atoms with E-state index in [-0.39, 0.29) is 5.41 Å². The number of nitrogens with one attached hydrogen (secondary N) is 1. The third kappa shape index (κ3) is 4.84. The first-order valence-corrected chi connectivity index (χ1v) is 6.89. The van der Waals surface area contributed by atoms with Crippen LogP contribution in [0.5, 0.6) is 0 Å². The monoisotopic (exact) mass is 227 g/mol. The van der Waals surface area contributed by atoms with Gasteiger partial charge in [0.15, 0.2) is 0 Å². The lowest BCUT2D eigenvalue weighted by Gasteiger charge is -2.33. The van der Waals surface area contributed by atoms with Crippen LogP contribution in [0.15, 0.2) is 0 Å². The molecular weight excluding hydrogens is 198 g/mol. The fourth-order valence-electron chi connectivity index (χ4n) is 2.33. The average Bonchev–Trinajstić information content (AvgIpc) is 2.24. The molecule has 0 saturated heterocycles. The van der Waals surface area contributed by atoms with Gasteiger partial charge in [-0.25, -0.2) is 0 Å². The first-order chi connectivity index (χ1) is 7.54. The predicted octanol–water partition coefficient (Wildman–Crippen LogP) is 3.36. The molecule has 0 bridgehead atoms. The van der Waals surface area contributed by atoms with E-state index in [1.807, 2.05) is 0 Å². The smallest absolute Gasteiger partial charge is 0.0628 e. The van der Waals surface area contributed by atoms with E-state index in [1.54, 1.807) is 0 Å². The standard InChI is InChI=1S/C14H29NO/c1-5-15-13(14(2,3)4)11-16-12-9-7-6-8-10-12/h12-13,15H,5-11H2,1-4H3. The number of hydrogen-bond donors (Lipinski definition) is 1. The maximum Gasteiger partial charge on any atom is 0.0628 e. The summed E-state index contributed by atoms with van der Waals surface area (Å²) in [5.74, 6) is 0. The zero-order chi connectivity index (χ0) is 12.0. The second kappa shape index (κ2) is 6.61. The maximum atomic E-state index is 6.06. The summed E-state index contributed by atoms with van der Waals surface area (Å²) >= 11 is 0. The molecule has 1 saturated carbocycles. The SMILES string of the molecule is CCNC(COC1CCCCC1)C(C)(C)C. The number of rotatable bonds is 5. The van der Waals surface area contributed by atoms with Crippen LogP contribution < -0.4 is 5.32 Å². The summed E-state index contributed by atoms with van der Waals surface area (Å²) in [7, 11) is 0. The molecule has 1 aliphatic carbocycles. The Hall–Kier alpha value is -0.0800. The first-order valence-electron chi connectivity index (χ1n) is 6.89. The number of ether oxygens (including phenoxy) is 1. The van der Waals surface area contributed by atoms with E-state index in [4.69, 9.17) is 4.74 Å². The van der Waals surface area contributed by atoms with Crippen LogP contribution in [0.1, 0.15) is 59.8 Å². The molecule has 1 unspecified atom stereocenters. The lowest BCUT2D eigenvalue weighted by Crippen LogP contribution is -2.44. The molecule has 0 aromatic heterocycles. The summed E-state index contributed by atoms with van der Waals surface area (Å²) in [6.45, 7) is 10.9. The van der Waals surface area contributed by atoms with Gasteiger partial charge in [0.25, 0.3) is 0 Å². The lowest BCUT2D eigenvalue weighted by molar-refractivity contribution is -0.00111. The van der Waals surface area contributed by atoms with Crippen LogP contribution in [0.25, 0.3) is 0 Å². The lowest BCUT2D eigenvalue weighted by atomic mass is 9.87. The molecule has 1 aliphatic rings. The van der Waals surface area contributed by atoms with Gasteiger partial charge in [-0.1, -0.05) is 47.0 Å². The van der Waals surface area contributed by atoms with Crippen LogP contribution in [-0.4, -0.2) is 25.3 Å². The maximum absolute atomic E-state index is 6.06. The van der Waals surface area contributed by atoms with E-state index in [9.17, 15) is 0 Å². The van der Waals surface area contributed by atoms with Crippen LogP contribution in [0, 0.1) is 5.41 Å². The van der Waals surface area contributed by atoms with Gasteiger partial charge in [0, 0.05) is 6.04 Å². The van der Waals surface area contributed by atoms with Gasteiger partial charge in [0.05, 0.1) is 12.7 Å². The molecule has 2 nitrogen and oxygen atoms in total. The van der Waals surface area contributed by atoms with E-state index in [1.165, 1.54) is 32.1 Å². The largest absolute Gasteiger partial charge is 0.377 e. The van der Waals surface area contributed by atoms with Gasteiger partial charge in [0.2, 0.25) is 0 Å². The van der Waals surface area contributed by atoms with Gasteiger partial charge in [-0.3, -0.25) is 0 Å². The average molecular weight is 227 g/mol. The van der Waals surface area contributed by atoms with Gasteiger partial charge in [-0.15, -0.1) is 0 Å². The van der Waals surface area contributed by atoms with E-state index >= 15 is 0 Å². The van der Waals surface area contributed by atoms with Crippen LogP contribution in [0.3, 0.4) is 0 Å². The van der Waals surface area contributed by atoms with Crippen molar-refractivity contribution < 1.29 is 4.74 Å². The second-order valence-electron chi connectivity index (χ2n) is 6.07. The minimum absolute atomic E-state index is 0.282. The highest BCUT2D eigenvalue weighted by atomic mass is 16.5. The van der Waals surface area contributed by atoms with Crippen LogP contribution in [0.4, 0.5) is 0 Å². The third-order valence-corrected chi connectivity index (χ3v) is 3.55. The molecule has 0 amide bonds. The van der Waals surface area contributed by atoms with Crippen molar-refractivity contribution >= 4 is 0 Å². The van der Waals surface area contributed by atoms with Crippen LogP contribution in [-0.2, 0) is 4.74 Å². The Morgan fingerprint density at radius 2 is 1.81 bits per heavy atom. The van der Waals surface area contributed by atoms with Gasteiger partial charge in [-0.05, 0) is 24.8 Å². The van der Waals surface area contributed by atoms with Crippen molar-refractivity contribution in [2.45, 2.75) is 71.9 Å². The van der Waals surface area contributed by atoms with Crippen molar-refractivity contribution in [3.05, 3.63) is 0 Å². The molecule has 0 aromatic carbocycles. The molecule has 0 aromatic rings. The molecule has 1 rings (SSSR count). The Bertz CT molecular complexity index is 180. The molecule has 96 valence electrons. The highest BCUT2D eigenvalue weighted by molar-refractivity contribution is 4.80. The van der Waals surface area contributed by atoms with Gasteiger partial charge >= 0.3 is 0 Å². The Kier molecular flexibility index (Phi) is 5.77. The quantitative estimate of drug-likeness (QED) is 0.777. The molecule has 0 spiro atoms. The Labute approximate surface area is 101 Å². The van der Waals surface area contributed by atoms with Crippen molar-refractivity contribution in [3.63, 3.8) is 0 Å². The summed E-state index contributed by atoms with van der Waals surface area (Å²) in [5, 5.41) is 3.54. The topological polar surface area (TPSA) is 21.3 Å². The van der Waals surface area contributed by atoms with Crippen molar-refractivity contribution in [1.82, 2.24) is 5.32 Å². The zero-order valence-corrected chi connectivity index (χ0v) is 11.5. The summed E-state index contributed by atoms with van der Waals surface area (Å²) in [5.41, 5.74) is 0.282. The fourth-order valence-corrected chi connectivity index (χ4v) is 2.33. The van der Waals surface area contributed by atoms with Gasteiger partial charge in [0.1, 0.15) is 0 Å². The molecule has 0 radical (unpaired) electrons. The molecule has 1 atom stereocenters. The Balaban J connectivity index is 2.31. The Morgan fingerprint density at radius 1 is 1.19 bits per heavy atom. The van der Waals surface area contributed by atoms with E-state index in [0.29, 0.717) is 12.1 Å². The highest BCUT2D eigenvalue weighted by Gasteiger charge is 2.25. The van der Waals surface area contributed by atoms with Gasteiger partial charge in [-0.2, -0.15) is 0 Å². The second-order valence-corrected chi connectivity index (χ2v) is 6.07. The van der Waals surface area contributed by atoms with Crippen molar-refractivity contribution in [2.75, 3.05) is 13.2 Å². The first kappa shape index (κ1) is 14.0. The molecule has 1 fully saturated rings. The minimum atomic E-state index is 0.282. The zero-order valence-electron chi connectivity index (χ0n) is 11.5.